The summed E-state index contributed by atoms with van der Waals surface area (Å²) in [5.74, 6) is -0.540. The first-order chi connectivity index (χ1) is 14.8. The summed E-state index contributed by atoms with van der Waals surface area (Å²) in [4.78, 5) is 25.6. The molecule has 2 heterocycles. The molecule has 1 N–H and O–H groups in total. The van der Waals surface area contributed by atoms with Gasteiger partial charge in [0.15, 0.2) is 5.17 Å². The molecule has 2 aromatic carbocycles. The molecule has 1 unspecified atom stereocenters. The molecule has 0 bridgehead atoms. The summed E-state index contributed by atoms with van der Waals surface area (Å²) in [5, 5.41) is 3.51. The summed E-state index contributed by atoms with van der Waals surface area (Å²) >= 11 is 1.54. The lowest BCUT2D eigenvalue weighted by Gasteiger charge is -2.40. The van der Waals surface area contributed by atoms with Gasteiger partial charge in [0.25, 0.3) is 5.91 Å². The molecule has 3 aromatic rings. The fourth-order valence-electron chi connectivity index (χ4n) is 3.91. The molecule has 1 aromatic heterocycles. The van der Waals surface area contributed by atoms with E-state index >= 15 is 0 Å². The Balaban J connectivity index is 1.71. The summed E-state index contributed by atoms with van der Waals surface area (Å²) in [6.45, 7) is 6.26. The van der Waals surface area contributed by atoms with Crippen molar-refractivity contribution in [1.29, 1.82) is 0 Å². The van der Waals surface area contributed by atoms with Crippen molar-refractivity contribution in [3.05, 3.63) is 84.2 Å². The number of nitrogens with one attached hydrogen (secondary N) is 1. The zero-order valence-corrected chi connectivity index (χ0v) is 18.4. The monoisotopic (exact) mass is 434 g/mol. The molecule has 1 aliphatic heterocycles. The first kappa shape index (κ1) is 21.2. The molecule has 31 heavy (non-hydrogen) atoms. The first-order valence-corrected chi connectivity index (χ1v) is 10.8. The second-order valence-electron chi connectivity index (χ2n) is 8.37. The number of carbonyl (C=O) groups is 1. The summed E-state index contributed by atoms with van der Waals surface area (Å²) in [6.07, 6.45) is 5.32. The quantitative estimate of drug-likeness (QED) is 0.615. The van der Waals surface area contributed by atoms with E-state index in [1.807, 2.05) is 25.1 Å². The van der Waals surface area contributed by atoms with Crippen LogP contribution >= 0.6 is 11.8 Å². The van der Waals surface area contributed by atoms with Crippen LogP contribution in [0.2, 0.25) is 0 Å². The van der Waals surface area contributed by atoms with Crippen LogP contribution in [0.4, 0.5) is 4.39 Å². The van der Waals surface area contributed by atoms with Gasteiger partial charge >= 0.3 is 0 Å². The van der Waals surface area contributed by atoms with Crippen molar-refractivity contribution >= 4 is 22.8 Å². The van der Waals surface area contributed by atoms with Crippen molar-refractivity contribution in [2.45, 2.75) is 37.5 Å². The molecule has 7 heteroatoms. The zero-order valence-electron chi connectivity index (χ0n) is 17.6. The molecule has 1 amide bonds. The van der Waals surface area contributed by atoms with Gasteiger partial charge in [-0.1, -0.05) is 49.9 Å². The standard InChI is InChI=1S/C24H23FN4OS/c1-23(2)14-24(3,29-22(31-23)28-21(30)16-7-5-4-6-8-16)18-9-10-20(25)19(11-18)17-12-26-15-27-13-17/h4-13,15H,14H2,1-3H3,(H,28,29,30). The molecule has 1 atom stereocenters. The Morgan fingerprint density at radius 2 is 1.77 bits per heavy atom. The van der Waals surface area contributed by atoms with Crippen LogP contribution in [-0.2, 0) is 5.54 Å². The van der Waals surface area contributed by atoms with Gasteiger partial charge in [-0.05, 0) is 43.2 Å². The topological polar surface area (TPSA) is 67.2 Å². The smallest absolute Gasteiger partial charge is 0.257 e. The van der Waals surface area contributed by atoms with Crippen molar-refractivity contribution in [2.75, 3.05) is 0 Å². The summed E-state index contributed by atoms with van der Waals surface area (Å²) < 4.78 is 14.4. The highest BCUT2D eigenvalue weighted by molar-refractivity contribution is 8.15. The number of amidine groups is 1. The van der Waals surface area contributed by atoms with Crippen LogP contribution < -0.4 is 5.32 Å². The number of carbonyl (C=O) groups excluding carboxylic acids is 1. The summed E-state index contributed by atoms with van der Waals surface area (Å²) in [5.41, 5.74) is 1.85. The molecule has 5 nitrogen and oxygen atoms in total. The molecule has 0 saturated heterocycles. The Morgan fingerprint density at radius 1 is 1.06 bits per heavy atom. The lowest BCUT2D eigenvalue weighted by atomic mass is 9.83. The van der Waals surface area contributed by atoms with E-state index in [1.54, 1.807) is 36.7 Å². The highest BCUT2D eigenvalue weighted by Gasteiger charge is 2.40. The molecular formula is C24H23FN4OS. The normalized spacial score (nSPS) is 20.1. The summed E-state index contributed by atoms with van der Waals surface area (Å²) in [7, 11) is 0. The third kappa shape index (κ3) is 4.66. The molecule has 4 rings (SSSR count). The van der Waals surface area contributed by atoms with Gasteiger partial charge in [-0.25, -0.2) is 14.4 Å². The number of aromatic nitrogens is 2. The molecular weight excluding hydrogens is 411 g/mol. The molecule has 0 fully saturated rings. The minimum absolute atomic E-state index is 0.180. The van der Waals surface area contributed by atoms with E-state index in [4.69, 9.17) is 4.99 Å². The van der Waals surface area contributed by atoms with Crippen LogP contribution in [-0.4, -0.2) is 25.8 Å². The number of hydrogen-bond acceptors (Lipinski definition) is 5. The zero-order chi connectivity index (χ0) is 22.1. The number of thioether (sulfide) groups is 1. The van der Waals surface area contributed by atoms with Crippen LogP contribution in [0.1, 0.15) is 43.1 Å². The van der Waals surface area contributed by atoms with E-state index in [2.05, 4.69) is 29.1 Å². The third-order valence-electron chi connectivity index (χ3n) is 5.21. The van der Waals surface area contributed by atoms with Gasteiger partial charge in [0.1, 0.15) is 12.1 Å². The van der Waals surface area contributed by atoms with Gasteiger partial charge in [0.05, 0.1) is 5.54 Å². The van der Waals surface area contributed by atoms with Gasteiger partial charge in [-0.15, -0.1) is 0 Å². The largest absolute Gasteiger partial charge is 0.301 e. The number of amides is 1. The fourth-order valence-corrected chi connectivity index (χ4v) is 5.18. The Labute approximate surface area is 185 Å². The van der Waals surface area contributed by atoms with E-state index in [0.717, 1.165) is 12.0 Å². The van der Waals surface area contributed by atoms with E-state index in [-0.39, 0.29) is 16.5 Å². The van der Waals surface area contributed by atoms with E-state index < -0.39 is 5.54 Å². The maximum absolute atomic E-state index is 14.6. The predicted octanol–water partition coefficient (Wildman–Crippen LogP) is 5.20. The average Bonchev–Trinajstić information content (AvgIpc) is 2.74. The number of nitrogens with zero attached hydrogens (tertiary/aromatic N) is 3. The van der Waals surface area contributed by atoms with Crippen molar-refractivity contribution < 1.29 is 9.18 Å². The molecule has 0 saturated carbocycles. The van der Waals surface area contributed by atoms with Crippen LogP contribution in [0, 0.1) is 5.82 Å². The fraction of sp³-hybridized carbons (Fsp3) is 0.250. The number of hydrogen-bond donors (Lipinski definition) is 1. The molecule has 158 valence electrons. The van der Waals surface area contributed by atoms with Crippen molar-refractivity contribution in [3.63, 3.8) is 0 Å². The van der Waals surface area contributed by atoms with Gasteiger partial charge in [0, 0.05) is 33.8 Å². The third-order valence-corrected chi connectivity index (χ3v) is 6.29. The van der Waals surface area contributed by atoms with E-state index in [1.165, 1.54) is 24.2 Å². The minimum atomic E-state index is -0.633. The Kier molecular flexibility index (Phi) is 5.62. The Hall–Kier alpha value is -3.06. The molecule has 0 aliphatic carbocycles. The number of rotatable bonds is 3. The van der Waals surface area contributed by atoms with Gasteiger partial charge < -0.3 is 5.32 Å². The SMILES string of the molecule is CC1(C)CC(C)(c2ccc(F)c(-c3cncnc3)c2)N=C(NC(=O)c2ccccc2)S1. The van der Waals surface area contributed by atoms with Crippen LogP contribution in [0.3, 0.4) is 0 Å². The number of aliphatic imine (C=N–C) groups is 1. The predicted molar refractivity (Wildman–Crippen MR) is 122 cm³/mol. The van der Waals surface area contributed by atoms with Gasteiger partial charge in [0.2, 0.25) is 0 Å². The number of benzene rings is 2. The number of halogens is 1. The first-order valence-electron chi connectivity index (χ1n) is 9.96. The molecule has 0 radical (unpaired) electrons. The van der Waals surface area contributed by atoms with Gasteiger partial charge in [-0.3, -0.25) is 9.79 Å². The van der Waals surface area contributed by atoms with Crippen LogP contribution in [0.25, 0.3) is 11.1 Å². The lowest BCUT2D eigenvalue weighted by Crippen LogP contribution is -2.41. The second kappa shape index (κ2) is 8.23. The average molecular weight is 435 g/mol. The minimum Gasteiger partial charge on any atom is -0.301 e. The summed E-state index contributed by atoms with van der Waals surface area (Å²) in [6, 6.07) is 14.1. The van der Waals surface area contributed by atoms with Crippen LogP contribution in [0.5, 0.6) is 0 Å². The van der Waals surface area contributed by atoms with Gasteiger partial charge in [-0.2, -0.15) is 0 Å². The van der Waals surface area contributed by atoms with Crippen molar-refractivity contribution in [2.24, 2.45) is 4.99 Å². The molecule has 1 aliphatic rings. The highest BCUT2D eigenvalue weighted by Crippen LogP contribution is 2.46. The Bertz CT molecular complexity index is 1130. The van der Waals surface area contributed by atoms with Crippen molar-refractivity contribution in [1.82, 2.24) is 15.3 Å². The second-order valence-corrected chi connectivity index (χ2v) is 10.1. The Morgan fingerprint density at radius 3 is 2.48 bits per heavy atom. The maximum Gasteiger partial charge on any atom is 0.257 e. The maximum atomic E-state index is 14.6. The van der Waals surface area contributed by atoms with E-state index in [9.17, 15) is 9.18 Å². The van der Waals surface area contributed by atoms with E-state index in [0.29, 0.717) is 21.9 Å². The lowest BCUT2D eigenvalue weighted by molar-refractivity contribution is 0.0977. The van der Waals surface area contributed by atoms with Crippen LogP contribution in [0.15, 0.2) is 72.2 Å². The highest BCUT2D eigenvalue weighted by atomic mass is 32.2. The molecule has 0 spiro atoms. The van der Waals surface area contributed by atoms with Crippen molar-refractivity contribution in [3.8, 4) is 11.1 Å².